The van der Waals surface area contributed by atoms with Gasteiger partial charge < -0.3 is 9.84 Å². The first kappa shape index (κ1) is 16.1. The second-order valence-corrected chi connectivity index (χ2v) is 4.66. The lowest BCUT2D eigenvalue weighted by Crippen LogP contribution is -2.08. The SMILES string of the molecule is COc1ccc(-c2cnc(Cl)cc2C(=O)O)cc1C(F)(F)F. The molecule has 1 aromatic heterocycles. The van der Waals surface area contributed by atoms with E-state index >= 15 is 0 Å². The van der Waals surface area contributed by atoms with E-state index < -0.39 is 17.7 Å². The molecular weight excluding hydrogens is 323 g/mol. The maximum Gasteiger partial charge on any atom is 0.419 e. The minimum atomic E-state index is -4.63. The first-order valence-electron chi connectivity index (χ1n) is 5.88. The number of aromatic nitrogens is 1. The molecule has 2 rings (SSSR count). The predicted molar refractivity (Wildman–Crippen MR) is 73.2 cm³/mol. The Morgan fingerprint density at radius 2 is 2.00 bits per heavy atom. The standard InChI is InChI=1S/C14H9ClF3NO3/c1-22-11-3-2-7(4-10(11)14(16,17)18)9-6-19-12(15)5-8(9)13(20)21/h2-6H,1H3,(H,20,21). The average Bonchev–Trinajstić information content (AvgIpc) is 2.45. The third kappa shape index (κ3) is 3.14. The van der Waals surface area contributed by atoms with Crippen molar-refractivity contribution in [2.45, 2.75) is 6.18 Å². The van der Waals surface area contributed by atoms with Gasteiger partial charge in [-0.25, -0.2) is 9.78 Å². The van der Waals surface area contributed by atoms with Gasteiger partial charge in [0.15, 0.2) is 0 Å². The Morgan fingerprint density at radius 3 is 2.55 bits per heavy atom. The van der Waals surface area contributed by atoms with Gasteiger partial charge in [-0.05, 0) is 23.8 Å². The molecule has 4 nitrogen and oxygen atoms in total. The monoisotopic (exact) mass is 331 g/mol. The first-order chi connectivity index (χ1) is 10.2. The van der Waals surface area contributed by atoms with Crippen LogP contribution in [-0.2, 0) is 6.18 Å². The molecule has 0 aliphatic heterocycles. The van der Waals surface area contributed by atoms with Crippen molar-refractivity contribution >= 4 is 17.6 Å². The van der Waals surface area contributed by atoms with Crippen LogP contribution in [0.25, 0.3) is 11.1 Å². The maximum absolute atomic E-state index is 13.0. The zero-order valence-corrected chi connectivity index (χ0v) is 11.9. The van der Waals surface area contributed by atoms with Crippen molar-refractivity contribution < 1.29 is 27.8 Å². The summed E-state index contributed by atoms with van der Waals surface area (Å²) in [5, 5.41) is 9.08. The number of carbonyl (C=O) groups is 1. The number of ether oxygens (including phenoxy) is 1. The number of rotatable bonds is 3. The van der Waals surface area contributed by atoms with Crippen LogP contribution in [0.5, 0.6) is 5.75 Å². The van der Waals surface area contributed by atoms with Crippen LogP contribution in [0.1, 0.15) is 15.9 Å². The molecule has 1 aromatic carbocycles. The summed E-state index contributed by atoms with van der Waals surface area (Å²) in [5.41, 5.74) is -1.16. The number of benzene rings is 1. The third-order valence-electron chi connectivity index (χ3n) is 2.92. The van der Waals surface area contributed by atoms with Gasteiger partial charge in [-0.1, -0.05) is 17.7 Å². The molecule has 2 aromatic rings. The van der Waals surface area contributed by atoms with Gasteiger partial charge in [0.1, 0.15) is 10.9 Å². The average molecular weight is 332 g/mol. The van der Waals surface area contributed by atoms with Gasteiger partial charge in [-0.3, -0.25) is 0 Å². The molecule has 1 N–H and O–H groups in total. The van der Waals surface area contributed by atoms with E-state index in [9.17, 15) is 18.0 Å². The van der Waals surface area contributed by atoms with Crippen molar-refractivity contribution in [3.05, 3.63) is 46.7 Å². The zero-order valence-electron chi connectivity index (χ0n) is 11.1. The van der Waals surface area contributed by atoms with E-state index in [1.807, 2.05) is 0 Å². The van der Waals surface area contributed by atoms with Crippen molar-refractivity contribution in [3.8, 4) is 16.9 Å². The van der Waals surface area contributed by atoms with Gasteiger partial charge in [0, 0.05) is 11.8 Å². The summed E-state index contributed by atoms with van der Waals surface area (Å²) >= 11 is 5.63. The minimum Gasteiger partial charge on any atom is -0.496 e. The summed E-state index contributed by atoms with van der Waals surface area (Å²) in [6, 6.07) is 4.34. The highest BCUT2D eigenvalue weighted by Crippen LogP contribution is 2.39. The Labute approximate surface area is 128 Å². The van der Waals surface area contributed by atoms with E-state index in [4.69, 9.17) is 16.7 Å². The van der Waals surface area contributed by atoms with E-state index in [1.165, 1.54) is 6.07 Å². The smallest absolute Gasteiger partial charge is 0.419 e. The largest absolute Gasteiger partial charge is 0.496 e. The fraction of sp³-hybridized carbons (Fsp3) is 0.143. The van der Waals surface area contributed by atoms with Crippen LogP contribution in [0.4, 0.5) is 13.2 Å². The summed E-state index contributed by atoms with van der Waals surface area (Å²) in [6.45, 7) is 0. The van der Waals surface area contributed by atoms with Crippen molar-refractivity contribution in [3.63, 3.8) is 0 Å². The summed E-state index contributed by atoms with van der Waals surface area (Å²) in [7, 11) is 1.12. The molecule has 1 heterocycles. The van der Waals surface area contributed by atoms with Crippen LogP contribution in [0.15, 0.2) is 30.5 Å². The van der Waals surface area contributed by atoms with Crippen LogP contribution >= 0.6 is 11.6 Å². The van der Waals surface area contributed by atoms with Crippen LogP contribution in [0, 0.1) is 0 Å². The van der Waals surface area contributed by atoms with Crippen LogP contribution in [-0.4, -0.2) is 23.2 Å². The lowest BCUT2D eigenvalue weighted by molar-refractivity contribution is -0.138. The van der Waals surface area contributed by atoms with Gasteiger partial charge in [0.25, 0.3) is 0 Å². The normalized spacial score (nSPS) is 11.3. The highest BCUT2D eigenvalue weighted by molar-refractivity contribution is 6.29. The number of methoxy groups -OCH3 is 1. The maximum atomic E-state index is 13.0. The van der Waals surface area contributed by atoms with Gasteiger partial charge in [0.2, 0.25) is 0 Å². The molecular formula is C14H9ClF3NO3. The molecule has 0 fully saturated rings. The lowest BCUT2D eigenvalue weighted by Gasteiger charge is -2.14. The zero-order chi connectivity index (χ0) is 16.5. The molecule has 116 valence electrons. The van der Waals surface area contributed by atoms with E-state index in [0.29, 0.717) is 0 Å². The second kappa shape index (κ2) is 5.84. The molecule has 0 saturated heterocycles. The van der Waals surface area contributed by atoms with Gasteiger partial charge in [-0.15, -0.1) is 0 Å². The number of hydrogen-bond donors (Lipinski definition) is 1. The minimum absolute atomic E-state index is 0.0325. The number of pyridine rings is 1. The molecule has 0 unspecified atom stereocenters. The lowest BCUT2D eigenvalue weighted by atomic mass is 9.99. The van der Waals surface area contributed by atoms with Crippen molar-refractivity contribution in [1.29, 1.82) is 0 Å². The molecule has 0 aliphatic carbocycles. The van der Waals surface area contributed by atoms with Gasteiger partial charge in [0.05, 0.1) is 18.2 Å². The summed E-state index contributed by atoms with van der Waals surface area (Å²) in [5.74, 6) is -1.67. The molecule has 0 atom stereocenters. The number of carboxylic acid groups (broad SMARTS) is 1. The topological polar surface area (TPSA) is 59.4 Å². The fourth-order valence-electron chi connectivity index (χ4n) is 1.93. The van der Waals surface area contributed by atoms with Crippen molar-refractivity contribution in [2.75, 3.05) is 7.11 Å². The van der Waals surface area contributed by atoms with E-state index in [-0.39, 0.29) is 27.6 Å². The Hall–Kier alpha value is -2.28. The Kier molecular flexibility index (Phi) is 4.27. The van der Waals surface area contributed by atoms with Gasteiger partial charge >= 0.3 is 12.1 Å². The number of halogens is 4. The molecule has 0 spiro atoms. The Morgan fingerprint density at radius 1 is 1.32 bits per heavy atom. The van der Waals surface area contributed by atoms with Crippen LogP contribution in [0.3, 0.4) is 0 Å². The highest BCUT2D eigenvalue weighted by Gasteiger charge is 2.34. The molecule has 0 bridgehead atoms. The van der Waals surface area contributed by atoms with Crippen molar-refractivity contribution in [2.24, 2.45) is 0 Å². The molecule has 8 heteroatoms. The second-order valence-electron chi connectivity index (χ2n) is 4.27. The van der Waals surface area contributed by atoms with Crippen molar-refractivity contribution in [1.82, 2.24) is 4.98 Å². The number of nitrogens with zero attached hydrogens (tertiary/aromatic N) is 1. The van der Waals surface area contributed by atoms with Gasteiger partial charge in [-0.2, -0.15) is 13.2 Å². The summed E-state index contributed by atoms with van der Waals surface area (Å²) in [4.78, 5) is 14.9. The summed E-state index contributed by atoms with van der Waals surface area (Å²) < 4.78 is 43.8. The van der Waals surface area contributed by atoms with E-state index in [1.54, 1.807) is 0 Å². The number of aromatic carboxylic acids is 1. The number of carboxylic acids is 1. The highest BCUT2D eigenvalue weighted by atomic mass is 35.5. The number of hydrogen-bond acceptors (Lipinski definition) is 3. The quantitative estimate of drug-likeness (QED) is 0.859. The molecule has 0 saturated carbocycles. The Balaban J connectivity index is 2.67. The first-order valence-corrected chi connectivity index (χ1v) is 6.26. The fourth-order valence-corrected chi connectivity index (χ4v) is 2.09. The predicted octanol–water partition coefficient (Wildman–Crippen LogP) is 4.13. The molecule has 22 heavy (non-hydrogen) atoms. The molecule has 0 aliphatic rings. The van der Waals surface area contributed by atoms with E-state index in [2.05, 4.69) is 9.72 Å². The van der Waals surface area contributed by atoms with Crippen LogP contribution < -0.4 is 4.74 Å². The molecule has 0 radical (unpaired) electrons. The molecule has 0 amide bonds. The van der Waals surface area contributed by atoms with E-state index in [0.717, 1.165) is 31.5 Å². The van der Waals surface area contributed by atoms with Crippen LogP contribution in [0.2, 0.25) is 5.15 Å². The Bertz CT molecular complexity index is 732. The summed E-state index contributed by atoms with van der Waals surface area (Å²) in [6.07, 6.45) is -3.52. The number of alkyl halides is 3. The third-order valence-corrected chi connectivity index (χ3v) is 3.12.